The number of hydrogen-bond donors (Lipinski definition) is 1. The zero-order valence-corrected chi connectivity index (χ0v) is 8.60. The largest absolute Gasteiger partial charge is 0.501 e. The summed E-state index contributed by atoms with van der Waals surface area (Å²) in [7, 11) is 0. The molecular formula is C6H3F2IN2O3. The van der Waals surface area contributed by atoms with Gasteiger partial charge in [-0.15, -0.1) is 0 Å². The van der Waals surface area contributed by atoms with E-state index in [2.05, 4.69) is 4.98 Å². The van der Waals surface area contributed by atoms with Gasteiger partial charge in [-0.3, -0.25) is 0 Å². The molecule has 0 saturated heterocycles. The smallest absolute Gasteiger partial charge is 0.407 e. The Bertz CT molecular complexity index is 386. The van der Waals surface area contributed by atoms with Crippen molar-refractivity contribution in [3.63, 3.8) is 0 Å². The summed E-state index contributed by atoms with van der Waals surface area (Å²) in [5, 5.41) is 19.4. The summed E-state index contributed by atoms with van der Waals surface area (Å²) in [6, 6.07) is 0.896. The van der Waals surface area contributed by atoms with Crippen LogP contribution in [-0.2, 0) is 0 Å². The lowest BCUT2D eigenvalue weighted by Crippen LogP contribution is -1.98. The van der Waals surface area contributed by atoms with Crippen LogP contribution in [0.1, 0.15) is 12.0 Å². The third-order valence-corrected chi connectivity index (χ3v) is 1.93. The molecule has 1 N–H and O–H groups in total. The molecule has 0 spiro atoms. The van der Waals surface area contributed by atoms with Gasteiger partial charge >= 0.3 is 5.82 Å². The number of aromatic hydroxyl groups is 1. The first kappa shape index (κ1) is 11.0. The van der Waals surface area contributed by atoms with E-state index in [4.69, 9.17) is 5.11 Å². The minimum Gasteiger partial charge on any atom is -0.501 e. The van der Waals surface area contributed by atoms with Crippen molar-refractivity contribution in [3.8, 4) is 5.75 Å². The van der Waals surface area contributed by atoms with E-state index in [9.17, 15) is 18.9 Å². The van der Waals surface area contributed by atoms with Crippen LogP contribution in [0, 0.1) is 13.8 Å². The Balaban J connectivity index is 3.40. The maximum absolute atomic E-state index is 12.2. The van der Waals surface area contributed by atoms with Gasteiger partial charge in [-0.25, -0.2) is 8.78 Å². The highest BCUT2D eigenvalue weighted by Gasteiger charge is 2.25. The van der Waals surface area contributed by atoms with Crippen molar-refractivity contribution in [2.45, 2.75) is 6.43 Å². The Morgan fingerprint density at radius 2 is 2.21 bits per heavy atom. The average molecular weight is 316 g/mol. The van der Waals surface area contributed by atoms with Gasteiger partial charge in [0.15, 0.2) is 0 Å². The summed E-state index contributed by atoms with van der Waals surface area (Å²) in [5.41, 5.74) is -0.781. The Labute approximate surface area is 90.1 Å². The van der Waals surface area contributed by atoms with E-state index < -0.39 is 28.5 Å². The first-order chi connectivity index (χ1) is 6.43. The number of aromatic nitrogens is 1. The Morgan fingerprint density at radius 1 is 1.64 bits per heavy atom. The number of hydrogen-bond acceptors (Lipinski definition) is 4. The lowest BCUT2D eigenvalue weighted by Gasteiger charge is -2.02. The Kier molecular flexibility index (Phi) is 3.13. The maximum atomic E-state index is 12.2. The van der Waals surface area contributed by atoms with Gasteiger partial charge in [0.2, 0.25) is 9.45 Å². The van der Waals surface area contributed by atoms with E-state index in [0.29, 0.717) is 0 Å². The predicted molar refractivity (Wildman–Crippen MR) is 50.2 cm³/mol. The number of pyridine rings is 1. The summed E-state index contributed by atoms with van der Waals surface area (Å²) < 4.78 is 24.5. The molecule has 0 radical (unpaired) electrons. The van der Waals surface area contributed by atoms with Crippen LogP contribution in [0.2, 0.25) is 0 Å². The highest BCUT2D eigenvalue weighted by molar-refractivity contribution is 14.1. The molecule has 0 fully saturated rings. The minimum absolute atomic E-state index is 0.0300. The topological polar surface area (TPSA) is 76.3 Å². The fraction of sp³-hybridized carbons (Fsp3) is 0.167. The van der Waals surface area contributed by atoms with Crippen molar-refractivity contribution in [2.75, 3.05) is 0 Å². The first-order valence-electron chi connectivity index (χ1n) is 3.25. The van der Waals surface area contributed by atoms with Crippen molar-refractivity contribution in [2.24, 2.45) is 0 Å². The molecule has 0 atom stereocenters. The van der Waals surface area contributed by atoms with Crippen molar-refractivity contribution in [1.82, 2.24) is 4.98 Å². The molecular weight excluding hydrogens is 313 g/mol. The molecule has 8 heteroatoms. The quantitative estimate of drug-likeness (QED) is 0.393. The Hall–Kier alpha value is -1.06. The molecule has 0 amide bonds. The number of nitrogens with zero attached hydrogens (tertiary/aromatic N) is 2. The van der Waals surface area contributed by atoms with Crippen LogP contribution in [0.15, 0.2) is 6.07 Å². The number of alkyl halides is 2. The summed E-state index contributed by atoms with van der Waals surface area (Å²) in [6.45, 7) is 0. The van der Waals surface area contributed by atoms with Crippen LogP contribution in [0.3, 0.4) is 0 Å². The van der Waals surface area contributed by atoms with Gasteiger partial charge in [-0.2, -0.15) is 0 Å². The second-order valence-electron chi connectivity index (χ2n) is 2.26. The fourth-order valence-corrected chi connectivity index (χ4v) is 1.37. The third kappa shape index (κ3) is 2.05. The third-order valence-electron chi connectivity index (χ3n) is 1.38. The zero-order chi connectivity index (χ0) is 10.9. The predicted octanol–water partition coefficient (Wildman–Crippen LogP) is 2.24. The SMILES string of the molecule is O=[N+]([O-])c1nc(I)cc(C(F)F)c1O. The van der Waals surface area contributed by atoms with Gasteiger partial charge in [0.1, 0.15) is 0 Å². The Morgan fingerprint density at radius 3 is 2.64 bits per heavy atom. The average Bonchev–Trinajstić information content (AvgIpc) is 2.07. The van der Waals surface area contributed by atoms with Crippen LogP contribution in [0.4, 0.5) is 14.6 Å². The zero-order valence-electron chi connectivity index (χ0n) is 6.45. The van der Waals surface area contributed by atoms with E-state index in [1.807, 2.05) is 0 Å². The van der Waals surface area contributed by atoms with Crippen molar-refractivity contribution >= 4 is 28.4 Å². The van der Waals surface area contributed by atoms with Gasteiger partial charge in [0.05, 0.1) is 5.56 Å². The standard InChI is InChI=1S/C6H3F2IN2O3/c7-5(8)2-1-3(9)10-6(4(2)12)11(13)14/h1,5,12H. The van der Waals surface area contributed by atoms with Gasteiger partial charge in [0.25, 0.3) is 6.43 Å². The first-order valence-corrected chi connectivity index (χ1v) is 4.33. The van der Waals surface area contributed by atoms with Gasteiger partial charge in [0, 0.05) is 28.7 Å². The van der Waals surface area contributed by atoms with Gasteiger partial charge < -0.3 is 15.2 Å². The highest BCUT2D eigenvalue weighted by atomic mass is 127. The molecule has 5 nitrogen and oxygen atoms in total. The summed E-state index contributed by atoms with van der Waals surface area (Å²) in [5.74, 6) is -2.03. The molecule has 1 heterocycles. The number of rotatable bonds is 2. The van der Waals surface area contributed by atoms with E-state index in [1.54, 1.807) is 22.6 Å². The number of nitro groups is 1. The molecule has 1 aromatic rings. The molecule has 0 aromatic carbocycles. The van der Waals surface area contributed by atoms with Crippen LogP contribution >= 0.6 is 22.6 Å². The summed E-state index contributed by atoms with van der Waals surface area (Å²) in [4.78, 5) is 12.6. The molecule has 0 unspecified atom stereocenters. The molecule has 0 aliphatic rings. The van der Waals surface area contributed by atoms with Crippen LogP contribution in [0.5, 0.6) is 5.75 Å². The van der Waals surface area contributed by atoms with E-state index in [1.165, 1.54) is 0 Å². The second kappa shape index (κ2) is 3.98. The molecule has 0 bridgehead atoms. The lowest BCUT2D eigenvalue weighted by atomic mass is 10.2. The van der Waals surface area contributed by atoms with Crippen molar-refractivity contribution in [3.05, 3.63) is 25.4 Å². The van der Waals surface area contributed by atoms with Crippen LogP contribution in [0.25, 0.3) is 0 Å². The van der Waals surface area contributed by atoms with Gasteiger partial charge in [-0.1, -0.05) is 0 Å². The second-order valence-corrected chi connectivity index (χ2v) is 3.37. The monoisotopic (exact) mass is 316 g/mol. The minimum atomic E-state index is -2.97. The molecule has 14 heavy (non-hydrogen) atoms. The van der Waals surface area contributed by atoms with Crippen LogP contribution < -0.4 is 0 Å². The fourth-order valence-electron chi connectivity index (χ4n) is 0.806. The maximum Gasteiger partial charge on any atom is 0.407 e. The number of halogens is 3. The lowest BCUT2D eigenvalue weighted by molar-refractivity contribution is -0.390. The molecule has 0 aliphatic heterocycles. The molecule has 76 valence electrons. The van der Waals surface area contributed by atoms with E-state index in [0.717, 1.165) is 6.07 Å². The van der Waals surface area contributed by atoms with Gasteiger partial charge in [-0.05, 0) is 9.91 Å². The molecule has 0 saturated carbocycles. The molecule has 1 aromatic heterocycles. The normalized spacial score (nSPS) is 10.6. The van der Waals surface area contributed by atoms with Crippen molar-refractivity contribution in [1.29, 1.82) is 0 Å². The highest BCUT2D eigenvalue weighted by Crippen LogP contribution is 2.35. The van der Waals surface area contributed by atoms with Crippen molar-refractivity contribution < 1.29 is 18.8 Å². The molecule has 1 rings (SSSR count). The molecule has 0 aliphatic carbocycles. The van der Waals surface area contributed by atoms with E-state index in [-0.39, 0.29) is 3.70 Å². The van der Waals surface area contributed by atoms with E-state index >= 15 is 0 Å². The van der Waals surface area contributed by atoms with Crippen LogP contribution in [-0.4, -0.2) is 15.0 Å². The summed E-state index contributed by atoms with van der Waals surface area (Å²) in [6.07, 6.45) is -2.97. The summed E-state index contributed by atoms with van der Waals surface area (Å²) >= 11 is 1.55.